The van der Waals surface area contributed by atoms with Gasteiger partial charge in [0, 0.05) is 12.6 Å². The summed E-state index contributed by atoms with van der Waals surface area (Å²) in [5.41, 5.74) is 11.5. The number of methoxy groups -OCH3 is 1. The van der Waals surface area contributed by atoms with E-state index in [9.17, 15) is 9.59 Å². The van der Waals surface area contributed by atoms with Crippen molar-refractivity contribution < 1.29 is 19.1 Å². The van der Waals surface area contributed by atoms with E-state index in [0.29, 0.717) is 18.0 Å². The number of primary amides is 1. The lowest BCUT2D eigenvalue weighted by Crippen LogP contribution is -2.50. The zero-order valence-corrected chi connectivity index (χ0v) is 12.2. The van der Waals surface area contributed by atoms with Gasteiger partial charge in [-0.15, -0.1) is 0 Å². The van der Waals surface area contributed by atoms with Crippen LogP contribution < -0.4 is 16.2 Å². The Morgan fingerprint density at radius 1 is 1.48 bits per heavy atom. The van der Waals surface area contributed by atoms with Crippen molar-refractivity contribution in [1.29, 1.82) is 0 Å². The largest absolute Gasteiger partial charge is 0.496 e. The van der Waals surface area contributed by atoms with Crippen LogP contribution in [0.3, 0.4) is 0 Å². The van der Waals surface area contributed by atoms with Crippen LogP contribution in [0.2, 0.25) is 5.02 Å². The highest BCUT2D eigenvalue weighted by Crippen LogP contribution is 2.30. The van der Waals surface area contributed by atoms with E-state index < -0.39 is 12.0 Å². The third kappa shape index (κ3) is 3.20. The monoisotopic (exact) mass is 313 g/mol. The number of carbonyl (C=O) groups is 2. The first-order chi connectivity index (χ1) is 9.93. The van der Waals surface area contributed by atoms with Crippen molar-refractivity contribution in [3.05, 3.63) is 22.7 Å². The maximum Gasteiger partial charge on any atom is 0.257 e. The maximum atomic E-state index is 12.5. The molecule has 1 aromatic carbocycles. The molecule has 1 aliphatic rings. The van der Waals surface area contributed by atoms with Crippen molar-refractivity contribution >= 4 is 29.1 Å². The van der Waals surface area contributed by atoms with Crippen molar-refractivity contribution in [2.24, 2.45) is 5.73 Å². The number of morpholine rings is 1. The van der Waals surface area contributed by atoms with Gasteiger partial charge in [-0.1, -0.05) is 11.6 Å². The van der Waals surface area contributed by atoms with Crippen LogP contribution in [0.25, 0.3) is 0 Å². The molecule has 1 heterocycles. The van der Waals surface area contributed by atoms with Crippen LogP contribution in [0.15, 0.2) is 12.1 Å². The predicted molar refractivity (Wildman–Crippen MR) is 77.3 cm³/mol. The number of halogens is 1. The van der Waals surface area contributed by atoms with Crippen molar-refractivity contribution in [2.45, 2.75) is 6.10 Å². The number of benzene rings is 1. The lowest BCUT2D eigenvalue weighted by Gasteiger charge is -2.31. The fourth-order valence-electron chi connectivity index (χ4n) is 2.08. The number of nitrogens with two attached hydrogens (primary N) is 2. The van der Waals surface area contributed by atoms with Crippen molar-refractivity contribution in [3.8, 4) is 5.75 Å². The molecule has 21 heavy (non-hydrogen) atoms. The number of ether oxygens (including phenoxy) is 2. The molecule has 1 fully saturated rings. The minimum atomic E-state index is -0.807. The molecule has 0 aromatic heterocycles. The Hall–Kier alpha value is -1.99. The van der Waals surface area contributed by atoms with E-state index in [4.69, 9.17) is 32.5 Å². The highest BCUT2D eigenvalue weighted by atomic mass is 35.5. The molecule has 0 radical (unpaired) electrons. The Balaban J connectivity index is 2.27. The summed E-state index contributed by atoms with van der Waals surface area (Å²) in [6.07, 6.45) is -0.807. The van der Waals surface area contributed by atoms with Gasteiger partial charge in [0.1, 0.15) is 5.75 Å². The molecular formula is C13H16ClN3O4. The standard InChI is InChI=1S/C13H16ClN3O4/c1-20-10-5-9(15)8(14)4-7(10)13(19)17-2-3-21-11(6-17)12(16)18/h4-5,11H,2-3,6,15H2,1H3,(H2,16,18). The molecule has 2 amide bonds. The average molecular weight is 314 g/mol. The normalized spacial score (nSPS) is 18.4. The third-order valence-electron chi connectivity index (χ3n) is 3.22. The SMILES string of the molecule is COc1cc(N)c(Cl)cc1C(=O)N1CCOC(C(N)=O)C1. The second kappa shape index (κ2) is 6.19. The quantitative estimate of drug-likeness (QED) is 0.778. The zero-order chi connectivity index (χ0) is 15.6. The number of anilines is 1. The summed E-state index contributed by atoms with van der Waals surface area (Å²) in [5, 5.41) is 0.263. The number of nitrogen functional groups attached to an aromatic ring is 1. The number of nitrogens with zero attached hydrogens (tertiary/aromatic N) is 1. The van der Waals surface area contributed by atoms with E-state index in [1.54, 1.807) is 0 Å². The summed E-state index contributed by atoms with van der Waals surface area (Å²) in [4.78, 5) is 25.2. The van der Waals surface area contributed by atoms with Crippen LogP contribution in [-0.4, -0.2) is 49.6 Å². The van der Waals surface area contributed by atoms with Gasteiger partial charge < -0.3 is 25.8 Å². The van der Waals surface area contributed by atoms with Crippen molar-refractivity contribution in [2.75, 3.05) is 32.5 Å². The number of amides is 2. The molecule has 1 aromatic rings. The Labute approximate surface area is 126 Å². The van der Waals surface area contributed by atoms with Gasteiger partial charge in [0.2, 0.25) is 5.91 Å². The van der Waals surface area contributed by atoms with E-state index in [1.807, 2.05) is 0 Å². The first-order valence-electron chi connectivity index (χ1n) is 6.27. The highest BCUT2D eigenvalue weighted by Gasteiger charge is 2.29. The van der Waals surface area contributed by atoms with Gasteiger partial charge >= 0.3 is 0 Å². The summed E-state index contributed by atoms with van der Waals surface area (Å²) < 4.78 is 10.4. The first kappa shape index (κ1) is 15.4. The zero-order valence-electron chi connectivity index (χ0n) is 11.5. The Bertz CT molecular complexity index is 579. The Morgan fingerprint density at radius 2 is 2.19 bits per heavy atom. The third-order valence-corrected chi connectivity index (χ3v) is 3.55. The van der Waals surface area contributed by atoms with Crippen LogP contribution in [0.1, 0.15) is 10.4 Å². The summed E-state index contributed by atoms with van der Waals surface area (Å²) in [5.74, 6) is -0.595. The Morgan fingerprint density at radius 3 is 2.81 bits per heavy atom. The van der Waals surface area contributed by atoms with Gasteiger partial charge in [0.05, 0.1) is 36.5 Å². The molecule has 2 rings (SSSR count). The molecule has 0 aliphatic carbocycles. The van der Waals surface area contributed by atoms with E-state index in [2.05, 4.69) is 0 Å². The molecule has 8 heteroatoms. The second-order valence-electron chi connectivity index (χ2n) is 4.59. The van der Waals surface area contributed by atoms with Crippen LogP contribution in [0, 0.1) is 0 Å². The molecular weight excluding hydrogens is 298 g/mol. The van der Waals surface area contributed by atoms with E-state index in [0.717, 1.165) is 0 Å². The molecule has 4 N–H and O–H groups in total. The second-order valence-corrected chi connectivity index (χ2v) is 4.99. The molecule has 114 valence electrons. The van der Waals surface area contributed by atoms with Crippen LogP contribution in [0.4, 0.5) is 5.69 Å². The molecule has 1 saturated heterocycles. The van der Waals surface area contributed by atoms with Gasteiger partial charge in [0.25, 0.3) is 5.91 Å². The van der Waals surface area contributed by atoms with E-state index >= 15 is 0 Å². The van der Waals surface area contributed by atoms with Crippen LogP contribution >= 0.6 is 11.6 Å². The lowest BCUT2D eigenvalue weighted by atomic mass is 10.1. The minimum absolute atomic E-state index is 0.0965. The maximum absolute atomic E-state index is 12.5. The van der Waals surface area contributed by atoms with Crippen LogP contribution in [0.5, 0.6) is 5.75 Å². The fraction of sp³-hybridized carbons (Fsp3) is 0.385. The van der Waals surface area contributed by atoms with Crippen LogP contribution in [-0.2, 0) is 9.53 Å². The summed E-state index contributed by atoms with van der Waals surface area (Å²) in [7, 11) is 1.44. The predicted octanol–water partition coefficient (Wildman–Crippen LogP) is 0.257. The van der Waals surface area contributed by atoms with Gasteiger partial charge in [-0.2, -0.15) is 0 Å². The highest BCUT2D eigenvalue weighted by molar-refractivity contribution is 6.33. The summed E-state index contributed by atoms with van der Waals surface area (Å²) in [6, 6.07) is 2.94. The molecule has 1 aliphatic heterocycles. The number of rotatable bonds is 3. The van der Waals surface area contributed by atoms with E-state index in [1.165, 1.54) is 24.1 Å². The minimum Gasteiger partial charge on any atom is -0.496 e. The van der Waals surface area contributed by atoms with E-state index in [-0.39, 0.29) is 29.6 Å². The van der Waals surface area contributed by atoms with Gasteiger partial charge in [0.15, 0.2) is 6.10 Å². The van der Waals surface area contributed by atoms with Gasteiger partial charge in [-0.05, 0) is 6.07 Å². The molecule has 0 spiro atoms. The first-order valence-corrected chi connectivity index (χ1v) is 6.65. The molecule has 7 nitrogen and oxygen atoms in total. The molecule has 0 saturated carbocycles. The smallest absolute Gasteiger partial charge is 0.257 e. The number of carbonyl (C=O) groups excluding carboxylic acids is 2. The topological polar surface area (TPSA) is 108 Å². The lowest BCUT2D eigenvalue weighted by molar-refractivity contribution is -0.133. The fourth-order valence-corrected chi connectivity index (χ4v) is 2.25. The van der Waals surface area contributed by atoms with Crippen molar-refractivity contribution in [3.63, 3.8) is 0 Å². The molecule has 1 atom stereocenters. The average Bonchev–Trinajstić information content (AvgIpc) is 2.48. The molecule has 0 bridgehead atoms. The molecule has 1 unspecified atom stereocenters. The number of hydrogen-bond donors (Lipinski definition) is 2. The number of hydrogen-bond acceptors (Lipinski definition) is 5. The van der Waals surface area contributed by atoms with Gasteiger partial charge in [-0.3, -0.25) is 9.59 Å². The van der Waals surface area contributed by atoms with Gasteiger partial charge in [-0.25, -0.2) is 0 Å². The summed E-state index contributed by atoms with van der Waals surface area (Å²) >= 11 is 5.95. The van der Waals surface area contributed by atoms with Crippen molar-refractivity contribution in [1.82, 2.24) is 4.90 Å². The summed E-state index contributed by atoms with van der Waals surface area (Å²) in [6.45, 7) is 0.692. The Kier molecular flexibility index (Phi) is 4.54.